The number of allylic oxidation sites excluding steroid dienone is 3. The number of hydrogen-bond donors (Lipinski definition) is 0. The summed E-state index contributed by atoms with van der Waals surface area (Å²) in [6.07, 6.45) is 7.16. The number of rotatable bonds is 6. The van der Waals surface area contributed by atoms with Crippen LogP contribution < -0.4 is 0 Å². The van der Waals surface area contributed by atoms with E-state index in [9.17, 15) is 0 Å². The first-order valence-corrected chi connectivity index (χ1v) is 6.28. The van der Waals surface area contributed by atoms with Crippen LogP contribution in [0, 0.1) is 0 Å². The largest absolute Gasteiger partial charge is 0.296 e. The second kappa shape index (κ2) is 6.05. The highest BCUT2D eigenvalue weighted by Gasteiger charge is 2.27. The van der Waals surface area contributed by atoms with E-state index in [4.69, 9.17) is 0 Å². The van der Waals surface area contributed by atoms with E-state index in [1.807, 2.05) is 0 Å². The summed E-state index contributed by atoms with van der Waals surface area (Å²) in [5, 5.41) is 0. The molecule has 1 heteroatoms. The molecule has 0 N–H and O–H groups in total. The Hall–Kier alpha value is -0.820. The van der Waals surface area contributed by atoms with Crippen LogP contribution in [-0.4, -0.2) is 24.0 Å². The molecule has 0 bridgehead atoms. The van der Waals surface area contributed by atoms with Gasteiger partial charge < -0.3 is 0 Å². The Morgan fingerprint density at radius 2 is 1.88 bits per heavy atom. The summed E-state index contributed by atoms with van der Waals surface area (Å²) in [4.78, 5) is 2.55. The third kappa shape index (κ3) is 4.36. The van der Waals surface area contributed by atoms with Crippen molar-refractivity contribution in [1.29, 1.82) is 0 Å². The molecule has 0 radical (unpaired) electrons. The molecule has 1 aliphatic carbocycles. The Labute approximate surface area is 101 Å². The average Bonchev–Trinajstić information content (AvgIpc) is 3.01. The summed E-state index contributed by atoms with van der Waals surface area (Å²) < 4.78 is 0. The van der Waals surface area contributed by atoms with Crippen LogP contribution in [0.5, 0.6) is 0 Å². The summed E-state index contributed by atoms with van der Waals surface area (Å²) in [5.41, 5.74) is 3.90. The summed E-state index contributed by atoms with van der Waals surface area (Å²) in [7, 11) is 0. The van der Waals surface area contributed by atoms with E-state index in [1.54, 1.807) is 0 Å². The SMILES string of the molecule is C=C(C)/C(=C\C=C(C)C)CN(CC)C1CC1. The molecule has 0 saturated heterocycles. The topological polar surface area (TPSA) is 3.24 Å². The monoisotopic (exact) mass is 219 g/mol. The van der Waals surface area contributed by atoms with Gasteiger partial charge in [-0.2, -0.15) is 0 Å². The molecule has 1 saturated carbocycles. The highest BCUT2D eigenvalue weighted by molar-refractivity contribution is 5.32. The van der Waals surface area contributed by atoms with E-state index in [-0.39, 0.29) is 0 Å². The lowest BCUT2D eigenvalue weighted by atomic mass is 10.1. The van der Waals surface area contributed by atoms with Gasteiger partial charge in [0.25, 0.3) is 0 Å². The molecule has 90 valence electrons. The lowest BCUT2D eigenvalue weighted by molar-refractivity contribution is 0.303. The maximum Gasteiger partial charge on any atom is 0.0238 e. The fraction of sp³-hybridized carbons (Fsp3) is 0.600. The first kappa shape index (κ1) is 13.2. The fourth-order valence-electron chi connectivity index (χ4n) is 1.75. The first-order chi connectivity index (χ1) is 7.54. The molecule has 0 aliphatic heterocycles. The van der Waals surface area contributed by atoms with Crippen LogP contribution in [0.3, 0.4) is 0 Å². The van der Waals surface area contributed by atoms with Crippen molar-refractivity contribution >= 4 is 0 Å². The Morgan fingerprint density at radius 1 is 1.25 bits per heavy atom. The Bertz CT molecular complexity index is 301. The van der Waals surface area contributed by atoms with Gasteiger partial charge in [-0.3, -0.25) is 4.90 Å². The summed E-state index contributed by atoms with van der Waals surface area (Å²) in [5.74, 6) is 0. The molecule has 16 heavy (non-hydrogen) atoms. The van der Waals surface area contributed by atoms with E-state index in [0.717, 1.165) is 19.1 Å². The van der Waals surface area contributed by atoms with Gasteiger partial charge in [-0.1, -0.05) is 36.8 Å². The second-order valence-corrected chi connectivity index (χ2v) is 5.01. The minimum absolute atomic E-state index is 0.833. The molecule has 0 spiro atoms. The standard InChI is InChI=1S/C15H25N/c1-6-16(15-9-10-15)11-14(13(4)5)8-7-12(2)3/h7-8,15H,4,6,9-11H2,1-3,5H3/b14-8-. The van der Waals surface area contributed by atoms with Gasteiger partial charge in [0.15, 0.2) is 0 Å². The number of likely N-dealkylation sites (N-methyl/N-ethyl adjacent to an activating group) is 1. The van der Waals surface area contributed by atoms with E-state index >= 15 is 0 Å². The Morgan fingerprint density at radius 3 is 2.25 bits per heavy atom. The molecule has 0 amide bonds. The lowest BCUT2D eigenvalue weighted by Crippen LogP contribution is -2.28. The molecule has 0 unspecified atom stereocenters. The van der Waals surface area contributed by atoms with Crippen LogP contribution in [-0.2, 0) is 0 Å². The zero-order valence-corrected chi connectivity index (χ0v) is 11.2. The molecule has 0 atom stereocenters. The molecule has 1 fully saturated rings. The number of nitrogens with zero attached hydrogens (tertiary/aromatic N) is 1. The van der Waals surface area contributed by atoms with Crippen molar-refractivity contribution in [2.75, 3.05) is 13.1 Å². The van der Waals surface area contributed by atoms with Gasteiger partial charge in [-0.15, -0.1) is 0 Å². The van der Waals surface area contributed by atoms with Gasteiger partial charge in [0.1, 0.15) is 0 Å². The first-order valence-electron chi connectivity index (χ1n) is 6.28. The van der Waals surface area contributed by atoms with Crippen LogP contribution in [0.4, 0.5) is 0 Å². The highest BCUT2D eigenvalue weighted by Crippen LogP contribution is 2.27. The van der Waals surface area contributed by atoms with E-state index in [2.05, 4.69) is 51.3 Å². The predicted octanol–water partition coefficient (Wildman–Crippen LogP) is 3.94. The van der Waals surface area contributed by atoms with Crippen molar-refractivity contribution in [3.8, 4) is 0 Å². The maximum absolute atomic E-state index is 4.08. The van der Waals surface area contributed by atoms with Crippen molar-refractivity contribution in [3.63, 3.8) is 0 Å². The number of hydrogen-bond acceptors (Lipinski definition) is 1. The van der Waals surface area contributed by atoms with Gasteiger partial charge in [0.05, 0.1) is 0 Å². The molecule has 1 nitrogen and oxygen atoms in total. The molecular formula is C15H25N. The minimum atomic E-state index is 0.833. The van der Waals surface area contributed by atoms with Gasteiger partial charge >= 0.3 is 0 Å². The van der Waals surface area contributed by atoms with E-state index < -0.39 is 0 Å². The molecule has 1 rings (SSSR count). The van der Waals surface area contributed by atoms with E-state index in [0.29, 0.717) is 0 Å². The van der Waals surface area contributed by atoms with Crippen LogP contribution in [0.15, 0.2) is 35.5 Å². The van der Waals surface area contributed by atoms with Crippen molar-refractivity contribution in [1.82, 2.24) is 4.90 Å². The molecule has 0 aromatic rings. The van der Waals surface area contributed by atoms with E-state index in [1.165, 1.54) is 29.6 Å². The molecule has 0 aromatic heterocycles. The van der Waals surface area contributed by atoms with Crippen LogP contribution in [0.1, 0.15) is 40.5 Å². The van der Waals surface area contributed by atoms with Crippen LogP contribution in [0.25, 0.3) is 0 Å². The van der Waals surface area contributed by atoms with Gasteiger partial charge in [-0.05, 0) is 45.7 Å². The summed E-state index contributed by atoms with van der Waals surface area (Å²) in [6, 6.07) is 0.833. The minimum Gasteiger partial charge on any atom is -0.296 e. The molecule has 0 aromatic carbocycles. The fourth-order valence-corrected chi connectivity index (χ4v) is 1.75. The Kier molecular flexibility index (Phi) is 5.01. The third-order valence-electron chi connectivity index (χ3n) is 3.01. The second-order valence-electron chi connectivity index (χ2n) is 5.01. The van der Waals surface area contributed by atoms with Crippen molar-refractivity contribution in [2.24, 2.45) is 0 Å². The highest BCUT2D eigenvalue weighted by atomic mass is 15.2. The van der Waals surface area contributed by atoms with Crippen molar-refractivity contribution < 1.29 is 0 Å². The quantitative estimate of drug-likeness (QED) is 0.612. The zero-order chi connectivity index (χ0) is 12.1. The maximum atomic E-state index is 4.08. The third-order valence-corrected chi connectivity index (χ3v) is 3.01. The summed E-state index contributed by atoms with van der Waals surface area (Å²) in [6.45, 7) is 14.9. The summed E-state index contributed by atoms with van der Waals surface area (Å²) >= 11 is 0. The smallest absolute Gasteiger partial charge is 0.0238 e. The zero-order valence-electron chi connectivity index (χ0n) is 11.2. The van der Waals surface area contributed by atoms with Gasteiger partial charge in [0.2, 0.25) is 0 Å². The molecular weight excluding hydrogens is 194 g/mol. The Balaban J connectivity index is 2.66. The predicted molar refractivity (Wildman–Crippen MR) is 72.6 cm³/mol. The van der Waals surface area contributed by atoms with Gasteiger partial charge in [0, 0.05) is 12.6 Å². The van der Waals surface area contributed by atoms with Crippen molar-refractivity contribution in [3.05, 3.63) is 35.5 Å². The van der Waals surface area contributed by atoms with Crippen molar-refractivity contribution in [2.45, 2.75) is 46.6 Å². The van der Waals surface area contributed by atoms with Crippen LogP contribution >= 0.6 is 0 Å². The average molecular weight is 219 g/mol. The molecule has 1 aliphatic rings. The molecule has 0 heterocycles. The van der Waals surface area contributed by atoms with Gasteiger partial charge in [-0.25, -0.2) is 0 Å². The normalized spacial score (nSPS) is 16.4. The van der Waals surface area contributed by atoms with Crippen LogP contribution in [0.2, 0.25) is 0 Å². The lowest BCUT2D eigenvalue weighted by Gasteiger charge is -2.21.